The average molecular weight is 258 g/mol. The van der Waals surface area contributed by atoms with Gasteiger partial charge in [-0.3, -0.25) is 0 Å². The molecule has 0 bridgehead atoms. The zero-order valence-electron chi connectivity index (χ0n) is 9.84. The van der Waals surface area contributed by atoms with Gasteiger partial charge in [0.15, 0.2) is 0 Å². The van der Waals surface area contributed by atoms with Crippen LogP contribution in [0.15, 0.2) is 12.1 Å². The zero-order valence-corrected chi connectivity index (χ0v) is 11.4. The molecule has 1 saturated carbocycles. The van der Waals surface area contributed by atoms with Gasteiger partial charge in [0.05, 0.1) is 4.34 Å². The molecule has 90 valence electrons. The molecule has 1 fully saturated rings. The van der Waals surface area contributed by atoms with Gasteiger partial charge in [-0.15, -0.1) is 11.3 Å². The van der Waals surface area contributed by atoms with Gasteiger partial charge in [-0.2, -0.15) is 0 Å². The smallest absolute Gasteiger partial charge is 0.0931 e. The van der Waals surface area contributed by atoms with Crippen LogP contribution >= 0.6 is 22.9 Å². The molecule has 0 radical (unpaired) electrons. The lowest BCUT2D eigenvalue weighted by atomic mass is 9.84. The molecule has 0 spiro atoms. The molecule has 1 heterocycles. The maximum absolute atomic E-state index is 5.92. The van der Waals surface area contributed by atoms with Crippen molar-refractivity contribution in [1.82, 2.24) is 5.32 Å². The van der Waals surface area contributed by atoms with Gasteiger partial charge in [-0.1, -0.05) is 30.9 Å². The summed E-state index contributed by atoms with van der Waals surface area (Å²) in [7, 11) is 0. The number of thiophene rings is 1. The van der Waals surface area contributed by atoms with Crippen LogP contribution in [0.2, 0.25) is 4.34 Å². The first-order valence-electron chi connectivity index (χ1n) is 6.23. The summed E-state index contributed by atoms with van der Waals surface area (Å²) in [4.78, 5) is 1.34. The summed E-state index contributed by atoms with van der Waals surface area (Å²) in [6, 6.07) is 4.74. The van der Waals surface area contributed by atoms with Crippen LogP contribution in [-0.4, -0.2) is 6.04 Å². The molecule has 1 unspecified atom stereocenters. The second kappa shape index (κ2) is 6.04. The molecule has 1 aromatic rings. The van der Waals surface area contributed by atoms with E-state index in [1.165, 1.54) is 37.0 Å². The highest BCUT2D eigenvalue weighted by atomic mass is 35.5. The zero-order chi connectivity index (χ0) is 11.4. The topological polar surface area (TPSA) is 12.0 Å². The molecule has 2 rings (SSSR count). The summed E-state index contributed by atoms with van der Waals surface area (Å²) in [5, 5.41) is 3.63. The van der Waals surface area contributed by atoms with E-state index >= 15 is 0 Å². The van der Waals surface area contributed by atoms with E-state index in [4.69, 9.17) is 11.6 Å². The fraction of sp³-hybridized carbons (Fsp3) is 0.692. The molecule has 1 atom stereocenters. The Morgan fingerprint density at radius 1 is 1.38 bits per heavy atom. The van der Waals surface area contributed by atoms with Crippen molar-refractivity contribution in [3.8, 4) is 0 Å². The Morgan fingerprint density at radius 3 is 2.75 bits per heavy atom. The van der Waals surface area contributed by atoms with Gasteiger partial charge in [0.2, 0.25) is 0 Å². The van der Waals surface area contributed by atoms with E-state index in [1.807, 2.05) is 6.07 Å². The largest absolute Gasteiger partial charge is 0.309 e. The van der Waals surface area contributed by atoms with Gasteiger partial charge in [0, 0.05) is 17.5 Å². The number of halogens is 1. The fourth-order valence-corrected chi connectivity index (χ4v) is 3.55. The van der Waals surface area contributed by atoms with E-state index in [1.54, 1.807) is 11.3 Å². The molecule has 1 N–H and O–H groups in total. The van der Waals surface area contributed by atoms with Crippen LogP contribution in [0.5, 0.6) is 0 Å². The summed E-state index contributed by atoms with van der Waals surface area (Å²) >= 11 is 7.59. The van der Waals surface area contributed by atoms with Crippen molar-refractivity contribution in [1.29, 1.82) is 0 Å². The van der Waals surface area contributed by atoms with Crippen molar-refractivity contribution in [2.24, 2.45) is 5.92 Å². The summed E-state index contributed by atoms with van der Waals surface area (Å²) in [6.45, 7) is 3.29. The quantitative estimate of drug-likeness (QED) is 0.840. The second-order valence-electron chi connectivity index (χ2n) is 4.77. The minimum atomic E-state index is 0.640. The molecule has 0 aliphatic heterocycles. The van der Waals surface area contributed by atoms with E-state index in [0.717, 1.165) is 16.8 Å². The minimum absolute atomic E-state index is 0.640. The third kappa shape index (κ3) is 3.47. The fourth-order valence-electron chi connectivity index (χ4n) is 2.51. The second-order valence-corrected chi connectivity index (χ2v) is 6.57. The number of hydrogen-bond donors (Lipinski definition) is 1. The molecule has 1 aromatic heterocycles. The molecule has 0 aromatic carbocycles. The molecular weight excluding hydrogens is 238 g/mol. The van der Waals surface area contributed by atoms with Gasteiger partial charge < -0.3 is 5.32 Å². The molecule has 0 amide bonds. The normalized spacial score (nSPS) is 19.9. The van der Waals surface area contributed by atoms with Gasteiger partial charge in [0.25, 0.3) is 0 Å². The highest BCUT2D eigenvalue weighted by Gasteiger charge is 2.19. The standard InChI is InChI=1S/C13H20ClNS/c1-10(11-5-3-2-4-6-11)15-9-12-7-8-13(14)16-12/h7-8,10-11,15H,2-6,9H2,1H3. The van der Waals surface area contributed by atoms with Crippen LogP contribution in [0.3, 0.4) is 0 Å². The highest BCUT2D eigenvalue weighted by Crippen LogP contribution is 2.27. The van der Waals surface area contributed by atoms with Crippen molar-refractivity contribution in [3.63, 3.8) is 0 Å². The molecule has 1 aliphatic carbocycles. The van der Waals surface area contributed by atoms with E-state index in [2.05, 4.69) is 18.3 Å². The van der Waals surface area contributed by atoms with Crippen LogP contribution < -0.4 is 5.32 Å². The third-order valence-electron chi connectivity index (χ3n) is 3.58. The van der Waals surface area contributed by atoms with Crippen molar-refractivity contribution in [2.75, 3.05) is 0 Å². The Hall–Kier alpha value is -0.0500. The molecule has 3 heteroatoms. The van der Waals surface area contributed by atoms with E-state index in [-0.39, 0.29) is 0 Å². The lowest BCUT2D eigenvalue weighted by Crippen LogP contribution is -2.33. The molecule has 16 heavy (non-hydrogen) atoms. The van der Waals surface area contributed by atoms with Gasteiger partial charge in [0.1, 0.15) is 0 Å². The predicted octanol–water partition coefficient (Wildman–Crippen LogP) is 4.46. The van der Waals surface area contributed by atoms with Gasteiger partial charge in [-0.05, 0) is 37.8 Å². The van der Waals surface area contributed by atoms with E-state index < -0.39 is 0 Å². The Morgan fingerprint density at radius 2 is 2.12 bits per heavy atom. The van der Waals surface area contributed by atoms with E-state index in [0.29, 0.717) is 6.04 Å². The van der Waals surface area contributed by atoms with Crippen LogP contribution in [0.25, 0.3) is 0 Å². The van der Waals surface area contributed by atoms with Crippen molar-refractivity contribution < 1.29 is 0 Å². The van der Waals surface area contributed by atoms with Crippen LogP contribution in [0, 0.1) is 5.92 Å². The lowest BCUT2D eigenvalue weighted by Gasteiger charge is -2.28. The van der Waals surface area contributed by atoms with Crippen molar-refractivity contribution >= 4 is 22.9 Å². The van der Waals surface area contributed by atoms with Crippen LogP contribution in [0.1, 0.15) is 43.9 Å². The maximum atomic E-state index is 5.92. The van der Waals surface area contributed by atoms with Crippen LogP contribution in [0.4, 0.5) is 0 Å². The summed E-state index contributed by atoms with van der Waals surface area (Å²) < 4.78 is 0.891. The number of nitrogens with one attached hydrogen (secondary N) is 1. The molecular formula is C13H20ClNS. The number of hydrogen-bond acceptors (Lipinski definition) is 2. The lowest BCUT2D eigenvalue weighted by molar-refractivity contribution is 0.281. The monoisotopic (exact) mass is 257 g/mol. The molecule has 0 saturated heterocycles. The summed E-state index contributed by atoms with van der Waals surface area (Å²) in [5.41, 5.74) is 0. The summed E-state index contributed by atoms with van der Waals surface area (Å²) in [5.74, 6) is 0.879. The Kier molecular flexibility index (Phi) is 4.68. The van der Waals surface area contributed by atoms with E-state index in [9.17, 15) is 0 Å². The minimum Gasteiger partial charge on any atom is -0.309 e. The Labute approximate surface area is 107 Å². The maximum Gasteiger partial charge on any atom is 0.0931 e. The summed E-state index contributed by atoms with van der Waals surface area (Å²) in [6.07, 6.45) is 7.07. The number of rotatable bonds is 4. The van der Waals surface area contributed by atoms with Crippen molar-refractivity contribution in [2.45, 2.75) is 51.6 Å². The highest BCUT2D eigenvalue weighted by molar-refractivity contribution is 7.16. The first-order chi connectivity index (χ1) is 7.75. The van der Waals surface area contributed by atoms with Gasteiger partial charge in [-0.25, -0.2) is 0 Å². The first-order valence-corrected chi connectivity index (χ1v) is 7.43. The molecule has 1 nitrogen and oxygen atoms in total. The Bertz CT molecular complexity index is 317. The average Bonchev–Trinajstić information content (AvgIpc) is 2.73. The third-order valence-corrected chi connectivity index (χ3v) is 4.82. The van der Waals surface area contributed by atoms with Crippen LogP contribution in [-0.2, 0) is 6.54 Å². The SMILES string of the molecule is CC(NCc1ccc(Cl)s1)C1CCCCC1. The Balaban J connectivity index is 1.76. The first kappa shape index (κ1) is 12.4. The molecule has 1 aliphatic rings. The van der Waals surface area contributed by atoms with Gasteiger partial charge >= 0.3 is 0 Å². The van der Waals surface area contributed by atoms with Crippen molar-refractivity contribution in [3.05, 3.63) is 21.3 Å². The predicted molar refractivity (Wildman–Crippen MR) is 72.2 cm³/mol.